The molecule has 0 radical (unpaired) electrons. The third-order valence-electron chi connectivity index (χ3n) is 6.30. The van der Waals surface area contributed by atoms with Gasteiger partial charge < -0.3 is 29.4 Å². The highest BCUT2D eigenvalue weighted by molar-refractivity contribution is 6.32. The standard InChI is InChI=1S/C28H30ClN5O4/c1-2-36-28(35)21-5-3-4-6-24(21)37-16-15-34-14-11-23-26(34)27(32-18-31-23)33-19-7-8-25(22(29)17-19)38-20-9-12-30-13-10-20/h3-8,11,14,17-18,20,30H,2,9-10,12-13,15-16H2,1H3,(H,31,32,33). The molecule has 0 aliphatic carbocycles. The largest absolute Gasteiger partial charge is 0.491 e. The molecule has 0 atom stereocenters. The molecule has 2 aromatic carbocycles. The molecule has 2 aromatic heterocycles. The fraction of sp³-hybridized carbons (Fsp3) is 0.321. The lowest BCUT2D eigenvalue weighted by Crippen LogP contribution is -2.34. The molecule has 9 nitrogen and oxygen atoms in total. The van der Waals surface area contributed by atoms with Crippen LogP contribution in [0.15, 0.2) is 61.1 Å². The molecule has 5 rings (SSSR count). The molecule has 4 aromatic rings. The van der Waals surface area contributed by atoms with E-state index in [0.717, 1.165) is 42.7 Å². The molecule has 10 heteroatoms. The monoisotopic (exact) mass is 535 g/mol. The van der Waals surface area contributed by atoms with Crippen molar-refractivity contribution < 1.29 is 19.0 Å². The number of para-hydroxylation sites is 1. The second-order valence-corrected chi connectivity index (χ2v) is 9.27. The van der Waals surface area contributed by atoms with Crippen LogP contribution in [0.1, 0.15) is 30.1 Å². The van der Waals surface area contributed by atoms with Gasteiger partial charge in [-0.1, -0.05) is 23.7 Å². The van der Waals surface area contributed by atoms with Gasteiger partial charge in [0.05, 0.1) is 23.7 Å². The van der Waals surface area contributed by atoms with Crippen LogP contribution in [0.3, 0.4) is 0 Å². The molecule has 1 aliphatic rings. The van der Waals surface area contributed by atoms with Crippen LogP contribution in [-0.4, -0.2) is 52.9 Å². The van der Waals surface area contributed by atoms with E-state index in [-0.39, 0.29) is 6.10 Å². The molecule has 0 unspecified atom stereocenters. The highest BCUT2D eigenvalue weighted by Crippen LogP contribution is 2.32. The Hall–Kier alpha value is -3.82. The number of carbonyl (C=O) groups is 1. The van der Waals surface area contributed by atoms with Crippen LogP contribution in [0, 0.1) is 0 Å². The number of hydrogen-bond acceptors (Lipinski definition) is 8. The number of fused-ring (bicyclic) bond motifs is 1. The lowest BCUT2D eigenvalue weighted by atomic mass is 10.1. The Morgan fingerprint density at radius 3 is 2.79 bits per heavy atom. The van der Waals surface area contributed by atoms with Gasteiger partial charge in [0, 0.05) is 11.9 Å². The average molecular weight is 536 g/mol. The third kappa shape index (κ3) is 6.00. The van der Waals surface area contributed by atoms with Gasteiger partial charge in [0.2, 0.25) is 0 Å². The van der Waals surface area contributed by atoms with E-state index < -0.39 is 5.97 Å². The number of rotatable bonds is 10. The molecule has 2 N–H and O–H groups in total. The molecule has 1 aliphatic heterocycles. The highest BCUT2D eigenvalue weighted by Gasteiger charge is 2.17. The summed E-state index contributed by atoms with van der Waals surface area (Å²) in [5.41, 5.74) is 2.83. The number of hydrogen-bond donors (Lipinski definition) is 2. The number of anilines is 2. The maximum Gasteiger partial charge on any atom is 0.341 e. The fourth-order valence-corrected chi connectivity index (χ4v) is 4.66. The van der Waals surface area contributed by atoms with Crippen LogP contribution in [0.25, 0.3) is 11.0 Å². The number of carbonyl (C=O) groups excluding carboxylic acids is 1. The summed E-state index contributed by atoms with van der Waals surface area (Å²) in [6, 6.07) is 14.7. The predicted molar refractivity (Wildman–Crippen MR) is 147 cm³/mol. The molecule has 1 fully saturated rings. The summed E-state index contributed by atoms with van der Waals surface area (Å²) in [6.45, 7) is 4.84. The zero-order valence-corrected chi connectivity index (χ0v) is 21.9. The van der Waals surface area contributed by atoms with E-state index in [0.29, 0.717) is 47.7 Å². The number of nitrogens with zero attached hydrogens (tertiary/aromatic N) is 3. The zero-order valence-electron chi connectivity index (χ0n) is 21.2. The van der Waals surface area contributed by atoms with Gasteiger partial charge in [-0.2, -0.15) is 0 Å². The lowest BCUT2D eigenvalue weighted by Gasteiger charge is -2.24. The van der Waals surface area contributed by atoms with Gasteiger partial charge in [-0.15, -0.1) is 0 Å². The van der Waals surface area contributed by atoms with Crippen molar-refractivity contribution in [3.8, 4) is 11.5 Å². The first-order valence-electron chi connectivity index (χ1n) is 12.7. The molecule has 0 spiro atoms. The Morgan fingerprint density at radius 2 is 1.97 bits per heavy atom. The number of ether oxygens (including phenoxy) is 3. The Labute approximate surface area is 226 Å². The molecule has 0 bridgehead atoms. The van der Waals surface area contributed by atoms with Crippen LogP contribution < -0.4 is 20.1 Å². The van der Waals surface area contributed by atoms with Crippen molar-refractivity contribution in [1.29, 1.82) is 0 Å². The highest BCUT2D eigenvalue weighted by atomic mass is 35.5. The van der Waals surface area contributed by atoms with Gasteiger partial charge in [0.15, 0.2) is 5.82 Å². The molecule has 1 saturated heterocycles. The van der Waals surface area contributed by atoms with Crippen molar-refractivity contribution in [3.63, 3.8) is 0 Å². The van der Waals surface area contributed by atoms with Crippen LogP contribution in [0.2, 0.25) is 5.02 Å². The minimum Gasteiger partial charge on any atom is -0.491 e. The predicted octanol–water partition coefficient (Wildman–Crippen LogP) is 5.21. The van der Waals surface area contributed by atoms with Gasteiger partial charge >= 0.3 is 5.97 Å². The lowest BCUT2D eigenvalue weighted by molar-refractivity contribution is 0.0521. The van der Waals surface area contributed by atoms with Crippen molar-refractivity contribution in [2.24, 2.45) is 0 Å². The smallest absolute Gasteiger partial charge is 0.341 e. The van der Waals surface area contributed by atoms with E-state index in [1.165, 1.54) is 6.33 Å². The van der Waals surface area contributed by atoms with Crippen LogP contribution >= 0.6 is 11.6 Å². The first kappa shape index (κ1) is 25.8. The summed E-state index contributed by atoms with van der Waals surface area (Å²) in [4.78, 5) is 21.1. The summed E-state index contributed by atoms with van der Waals surface area (Å²) >= 11 is 6.56. The number of aromatic nitrogens is 3. The number of benzene rings is 2. The second kappa shape index (κ2) is 12.1. The third-order valence-corrected chi connectivity index (χ3v) is 6.59. The van der Waals surface area contributed by atoms with Crippen molar-refractivity contribution in [2.75, 3.05) is 31.6 Å². The summed E-state index contributed by atoms with van der Waals surface area (Å²) in [5.74, 6) is 1.41. The van der Waals surface area contributed by atoms with Gasteiger partial charge in [0.1, 0.15) is 41.6 Å². The van der Waals surface area contributed by atoms with Crippen molar-refractivity contribution >= 4 is 40.1 Å². The normalized spacial score (nSPS) is 13.8. The first-order chi connectivity index (χ1) is 18.6. The maximum atomic E-state index is 12.2. The van der Waals surface area contributed by atoms with Gasteiger partial charge in [-0.05, 0) is 69.3 Å². The quantitative estimate of drug-likeness (QED) is 0.267. The summed E-state index contributed by atoms with van der Waals surface area (Å²) < 4.78 is 19.2. The molecular weight excluding hydrogens is 506 g/mol. The summed E-state index contributed by atoms with van der Waals surface area (Å²) in [5, 5.41) is 7.25. The van der Waals surface area contributed by atoms with Gasteiger partial charge in [-0.25, -0.2) is 14.8 Å². The number of halogens is 1. The number of nitrogens with one attached hydrogen (secondary N) is 2. The number of piperidine rings is 1. The average Bonchev–Trinajstić information content (AvgIpc) is 3.35. The Morgan fingerprint density at radius 1 is 1.13 bits per heavy atom. The second-order valence-electron chi connectivity index (χ2n) is 8.87. The van der Waals surface area contributed by atoms with Gasteiger partial charge in [-0.3, -0.25) is 0 Å². The number of esters is 1. The van der Waals surface area contributed by atoms with Crippen LogP contribution in [0.5, 0.6) is 11.5 Å². The summed E-state index contributed by atoms with van der Waals surface area (Å²) in [7, 11) is 0. The minimum atomic E-state index is -0.403. The van der Waals surface area contributed by atoms with E-state index in [9.17, 15) is 4.79 Å². The van der Waals surface area contributed by atoms with Crippen molar-refractivity contribution in [3.05, 3.63) is 71.6 Å². The molecular formula is C28H30ClN5O4. The Balaban J connectivity index is 1.29. The van der Waals surface area contributed by atoms with E-state index in [2.05, 4.69) is 20.6 Å². The van der Waals surface area contributed by atoms with Crippen molar-refractivity contribution in [1.82, 2.24) is 19.9 Å². The molecule has 0 amide bonds. The van der Waals surface area contributed by atoms with Crippen LogP contribution in [0.4, 0.5) is 11.5 Å². The van der Waals surface area contributed by atoms with Crippen molar-refractivity contribution in [2.45, 2.75) is 32.4 Å². The Bertz CT molecular complexity index is 1400. The Kier molecular flexibility index (Phi) is 8.25. The first-order valence-corrected chi connectivity index (χ1v) is 13.1. The summed E-state index contributed by atoms with van der Waals surface area (Å²) in [6.07, 6.45) is 5.56. The molecule has 0 saturated carbocycles. The van der Waals surface area contributed by atoms with E-state index in [4.69, 9.17) is 25.8 Å². The van der Waals surface area contributed by atoms with Crippen LogP contribution in [-0.2, 0) is 11.3 Å². The fourth-order valence-electron chi connectivity index (χ4n) is 4.44. The topological polar surface area (TPSA) is 99.5 Å². The van der Waals surface area contributed by atoms with E-state index in [1.807, 2.05) is 41.1 Å². The van der Waals surface area contributed by atoms with Gasteiger partial charge in [0.25, 0.3) is 0 Å². The SMILES string of the molecule is CCOC(=O)c1ccccc1OCCn1ccc2ncnc(Nc3ccc(OC4CCNCC4)c(Cl)c3)c21. The molecule has 38 heavy (non-hydrogen) atoms. The molecule has 198 valence electrons. The van der Waals surface area contributed by atoms with E-state index in [1.54, 1.807) is 25.1 Å². The maximum absolute atomic E-state index is 12.2. The zero-order chi connectivity index (χ0) is 26.3. The molecule has 3 heterocycles. The van der Waals surface area contributed by atoms with E-state index >= 15 is 0 Å². The minimum absolute atomic E-state index is 0.170.